The molecule has 0 atom stereocenters. The number of aryl methyl sites for hydroxylation is 2. The lowest BCUT2D eigenvalue weighted by Gasteiger charge is -2.18. The molecule has 0 saturated heterocycles. The first-order chi connectivity index (χ1) is 9.68. The van der Waals surface area contributed by atoms with Crippen LogP contribution in [0.15, 0.2) is 18.2 Å². The Morgan fingerprint density at radius 3 is 2.24 bits per heavy atom. The predicted octanol–water partition coefficient (Wildman–Crippen LogP) is 5.15. The van der Waals surface area contributed by atoms with Crippen molar-refractivity contribution >= 4 is 11.6 Å². The van der Waals surface area contributed by atoms with Gasteiger partial charge in [-0.2, -0.15) is 4.98 Å². The van der Waals surface area contributed by atoms with Gasteiger partial charge in [0.2, 0.25) is 5.88 Å². The molecule has 0 unspecified atom stereocenters. The first-order valence-electron chi connectivity index (χ1n) is 6.98. The molecule has 0 amide bonds. The molecule has 0 radical (unpaired) electrons. The van der Waals surface area contributed by atoms with E-state index in [0.29, 0.717) is 16.9 Å². The van der Waals surface area contributed by atoms with Crippen LogP contribution in [0, 0.1) is 20.8 Å². The number of ether oxygens (including phenoxy) is 1. The van der Waals surface area contributed by atoms with Crippen molar-refractivity contribution in [2.45, 2.75) is 47.0 Å². The fourth-order valence-electron chi connectivity index (χ4n) is 1.97. The van der Waals surface area contributed by atoms with Crippen molar-refractivity contribution in [1.82, 2.24) is 9.97 Å². The van der Waals surface area contributed by atoms with E-state index in [1.54, 1.807) is 6.07 Å². The van der Waals surface area contributed by atoms with Gasteiger partial charge in [0.05, 0.1) is 0 Å². The highest BCUT2D eigenvalue weighted by molar-refractivity contribution is 6.29. The summed E-state index contributed by atoms with van der Waals surface area (Å²) in [7, 11) is 0. The minimum Gasteiger partial charge on any atom is -0.438 e. The van der Waals surface area contributed by atoms with Crippen molar-refractivity contribution in [3.8, 4) is 11.6 Å². The summed E-state index contributed by atoms with van der Waals surface area (Å²) in [6.45, 7) is 12.3. The maximum absolute atomic E-state index is 6.10. The Kier molecular flexibility index (Phi) is 4.24. The van der Waals surface area contributed by atoms with Gasteiger partial charge in [-0.25, -0.2) is 4.98 Å². The molecule has 4 heteroatoms. The predicted molar refractivity (Wildman–Crippen MR) is 86.5 cm³/mol. The number of aromatic nitrogens is 2. The van der Waals surface area contributed by atoms with Gasteiger partial charge in [-0.1, -0.05) is 44.5 Å². The number of hydrogen-bond acceptors (Lipinski definition) is 3. The Morgan fingerprint density at radius 2 is 1.62 bits per heavy atom. The zero-order chi connectivity index (χ0) is 15.8. The molecule has 0 aliphatic carbocycles. The summed E-state index contributed by atoms with van der Waals surface area (Å²) in [5.41, 5.74) is 3.19. The van der Waals surface area contributed by atoms with E-state index in [2.05, 4.69) is 23.0 Å². The molecule has 21 heavy (non-hydrogen) atoms. The topological polar surface area (TPSA) is 35.0 Å². The highest BCUT2D eigenvalue weighted by atomic mass is 35.5. The Labute approximate surface area is 131 Å². The van der Waals surface area contributed by atoms with Crippen molar-refractivity contribution in [2.24, 2.45) is 0 Å². The van der Waals surface area contributed by atoms with Gasteiger partial charge in [0.1, 0.15) is 16.7 Å². The van der Waals surface area contributed by atoms with Crippen molar-refractivity contribution in [1.29, 1.82) is 0 Å². The summed E-state index contributed by atoms with van der Waals surface area (Å²) >= 11 is 6.10. The van der Waals surface area contributed by atoms with E-state index in [0.717, 1.165) is 16.9 Å². The van der Waals surface area contributed by atoms with E-state index in [1.807, 2.05) is 40.7 Å². The van der Waals surface area contributed by atoms with E-state index < -0.39 is 0 Å². The zero-order valence-electron chi connectivity index (χ0n) is 13.4. The van der Waals surface area contributed by atoms with Gasteiger partial charge in [-0.15, -0.1) is 0 Å². The van der Waals surface area contributed by atoms with Crippen LogP contribution in [0.1, 0.15) is 43.3 Å². The van der Waals surface area contributed by atoms with E-state index in [-0.39, 0.29) is 5.41 Å². The van der Waals surface area contributed by atoms with Gasteiger partial charge in [0, 0.05) is 11.5 Å². The summed E-state index contributed by atoms with van der Waals surface area (Å²) in [6, 6.07) is 5.79. The van der Waals surface area contributed by atoms with Crippen molar-refractivity contribution in [2.75, 3.05) is 0 Å². The summed E-state index contributed by atoms with van der Waals surface area (Å²) in [6.07, 6.45) is 0. The van der Waals surface area contributed by atoms with E-state index in [1.165, 1.54) is 5.56 Å². The number of rotatable bonds is 2. The molecular formula is C17H21ClN2O. The molecule has 1 heterocycles. The first kappa shape index (κ1) is 15.8. The van der Waals surface area contributed by atoms with Crippen LogP contribution in [0.3, 0.4) is 0 Å². The largest absolute Gasteiger partial charge is 0.438 e. The van der Waals surface area contributed by atoms with Gasteiger partial charge in [-0.3, -0.25) is 0 Å². The standard InChI is InChI=1S/C17H21ClN2O/c1-10-7-8-11(2)15(12(10)3)21-14-9-13(18)19-16(20-14)17(4,5)6/h7-9H,1-6H3. The van der Waals surface area contributed by atoms with E-state index in [4.69, 9.17) is 16.3 Å². The molecule has 0 fully saturated rings. The second-order valence-corrected chi connectivity index (χ2v) is 6.75. The van der Waals surface area contributed by atoms with E-state index in [9.17, 15) is 0 Å². The number of nitrogens with zero attached hydrogens (tertiary/aromatic N) is 2. The van der Waals surface area contributed by atoms with Gasteiger partial charge in [-0.05, 0) is 37.5 Å². The molecule has 1 aromatic heterocycles. The lowest BCUT2D eigenvalue weighted by molar-refractivity contribution is 0.440. The van der Waals surface area contributed by atoms with Crippen molar-refractivity contribution in [3.05, 3.63) is 45.9 Å². The molecule has 3 nitrogen and oxygen atoms in total. The smallest absolute Gasteiger partial charge is 0.224 e. The molecule has 0 saturated carbocycles. The molecule has 2 aromatic rings. The van der Waals surface area contributed by atoms with Crippen LogP contribution in [-0.2, 0) is 5.41 Å². The molecule has 0 aliphatic rings. The fraction of sp³-hybridized carbons (Fsp3) is 0.412. The Balaban J connectivity index is 2.46. The maximum atomic E-state index is 6.10. The normalized spacial score (nSPS) is 11.6. The number of hydrogen-bond donors (Lipinski definition) is 0. The molecule has 0 aliphatic heterocycles. The second-order valence-electron chi connectivity index (χ2n) is 6.36. The van der Waals surface area contributed by atoms with Gasteiger partial charge >= 0.3 is 0 Å². The van der Waals surface area contributed by atoms with Gasteiger partial charge in [0.15, 0.2) is 0 Å². The second kappa shape index (κ2) is 5.64. The highest BCUT2D eigenvalue weighted by Crippen LogP contribution is 2.31. The highest BCUT2D eigenvalue weighted by Gasteiger charge is 2.20. The van der Waals surface area contributed by atoms with Crippen LogP contribution >= 0.6 is 11.6 Å². The fourth-order valence-corrected chi connectivity index (χ4v) is 2.15. The lowest BCUT2D eigenvalue weighted by atomic mass is 9.96. The zero-order valence-corrected chi connectivity index (χ0v) is 14.2. The average Bonchev–Trinajstić information content (AvgIpc) is 2.38. The monoisotopic (exact) mass is 304 g/mol. The third-order valence-corrected chi connectivity index (χ3v) is 3.62. The van der Waals surface area contributed by atoms with Crippen LogP contribution in [0.5, 0.6) is 11.6 Å². The van der Waals surface area contributed by atoms with Crippen LogP contribution in [0.4, 0.5) is 0 Å². The summed E-state index contributed by atoms with van der Waals surface area (Å²) in [4.78, 5) is 8.78. The molecule has 0 spiro atoms. The first-order valence-corrected chi connectivity index (χ1v) is 7.36. The van der Waals surface area contributed by atoms with Crippen LogP contribution in [0.2, 0.25) is 5.15 Å². The third-order valence-electron chi connectivity index (χ3n) is 3.42. The molecule has 0 bridgehead atoms. The van der Waals surface area contributed by atoms with Gasteiger partial charge in [0.25, 0.3) is 0 Å². The molecule has 112 valence electrons. The maximum Gasteiger partial charge on any atom is 0.224 e. The molecular weight excluding hydrogens is 284 g/mol. The molecule has 1 aromatic carbocycles. The average molecular weight is 305 g/mol. The molecule has 0 N–H and O–H groups in total. The summed E-state index contributed by atoms with van der Waals surface area (Å²) < 4.78 is 6.00. The minimum atomic E-state index is -0.181. The van der Waals surface area contributed by atoms with E-state index >= 15 is 0 Å². The SMILES string of the molecule is Cc1ccc(C)c(Oc2cc(Cl)nc(C(C)(C)C)n2)c1C. The van der Waals surface area contributed by atoms with Crippen LogP contribution in [-0.4, -0.2) is 9.97 Å². The number of halogens is 1. The lowest BCUT2D eigenvalue weighted by Crippen LogP contribution is -2.16. The van der Waals surface area contributed by atoms with Crippen LogP contribution in [0.25, 0.3) is 0 Å². The Morgan fingerprint density at radius 1 is 1.00 bits per heavy atom. The Hall–Kier alpha value is -1.61. The van der Waals surface area contributed by atoms with Crippen molar-refractivity contribution in [3.63, 3.8) is 0 Å². The van der Waals surface area contributed by atoms with Crippen LogP contribution < -0.4 is 4.74 Å². The van der Waals surface area contributed by atoms with Gasteiger partial charge < -0.3 is 4.74 Å². The molecule has 2 rings (SSSR count). The summed E-state index contributed by atoms with van der Waals surface area (Å²) in [5.74, 6) is 1.99. The number of benzene rings is 1. The minimum absolute atomic E-state index is 0.181. The Bertz CT molecular complexity index is 675. The quantitative estimate of drug-likeness (QED) is 0.720. The van der Waals surface area contributed by atoms with Crippen molar-refractivity contribution < 1.29 is 4.74 Å². The third kappa shape index (κ3) is 3.53. The summed E-state index contributed by atoms with van der Waals surface area (Å²) in [5, 5.41) is 0.396.